The second-order valence-corrected chi connectivity index (χ2v) is 5.98. The Bertz CT molecular complexity index is 433. The van der Waals surface area contributed by atoms with E-state index in [9.17, 15) is 4.79 Å². The fourth-order valence-electron chi connectivity index (χ4n) is 2.24. The molecule has 1 aromatic rings. The summed E-state index contributed by atoms with van der Waals surface area (Å²) >= 11 is 9.41. The van der Waals surface area contributed by atoms with Crippen molar-refractivity contribution in [2.45, 2.75) is 19.3 Å². The summed E-state index contributed by atoms with van der Waals surface area (Å²) in [6.07, 6.45) is 3.74. The third-order valence-corrected chi connectivity index (χ3v) is 3.98. The van der Waals surface area contributed by atoms with E-state index in [1.54, 1.807) is 6.07 Å². The molecular formula is C13H17BrClN2O+. The zero-order chi connectivity index (χ0) is 13.0. The molecule has 0 saturated carbocycles. The standard InChI is InChI=1S/C13H16BrClN2O/c14-10-4-5-12(11(15)8-10)16-13(18)9-17-6-2-1-3-7-17/h4-5,8H,1-3,6-7,9H2,(H,16,18)/p+1. The van der Waals surface area contributed by atoms with Gasteiger partial charge < -0.3 is 10.2 Å². The van der Waals surface area contributed by atoms with Crippen molar-refractivity contribution in [3.63, 3.8) is 0 Å². The average molecular weight is 333 g/mol. The number of carbonyl (C=O) groups excluding carboxylic acids is 1. The highest BCUT2D eigenvalue weighted by Gasteiger charge is 2.17. The Morgan fingerprint density at radius 1 is 1.33 bits per heavy atom. The zero-order valence-electron chi connectivity index (χ0n) is 10.1. The Kier molecular flexibility index (Phi) is 5.03. The fraction of sp³-hybridized carbons (Fsp3) is 0.462. The predicted octanol–water partition coefficient (Wildman–Crippen LogP) is 2.11. The molecule has 0 bridgehead atoms. The molecule has 0 unspecified atom stereocenters. The first kappa shape index (κ1) is 13.8. The molecule has 1 aromatic carbocycles. The molecule has 2 rings (SSSR count). The molecule has 0 radical (unpaired) electrons. The van der Waals surface area contributed by atoms with Crippen molar-refractivity contribution in [1.29, 1.82) is 0 Å². The van der Waals surface area contributed by atoms with E-state index in [0.717, 1.165) is 17.6 Å². The Morgan fingerprint density at radius 3 is 2.72 bits per heavy atom. The third-order valence-electron chi connectivity index (χ3n) is 3.18. The lowest BCUT2D eigenvalue weighted by molar-refractivity contribution is -0.896. The first-order valence-electron chi connectivity index (χ1n) is 6.23. The Morgan fingerprint density at radius 2 is 2.06 bits per heavy atom. The minimum absolute atomic E-state index is 0.0381. The zero-order valence-corrected chi connectivity index (χ0v) is 12.5. The molecule has 2 N–H and O–H groups in total. The van der Waals surface area contributed by atoms with Gasteiger partial charge in [-0.15, -0.1) is 0 Å². The molecule has 5 heteroatoms. The number of benzene rings is 1. The van der Waals surface area contributed by atoms with Gasteiger partial charge in [-0.1, -0.05) is 27.5 Å². The van der Waals surface area contributed by atoms with Gasteiger partial charge in [0, 0.05) is 4.47 Å². The van der Waals surface area contributed by atoms with Gasteiger partial charge >= 0.3 is 0 Å². The second-order valence-electron chi connectivity index (χ2n) is 4.66. The Hall–Kier alpha value is -0.580. The molecule has 0 aromatic heterocycles. The minimum Gasteiger partial charge on any atom is -0.327 e. The molecule has 0 atom stereocenters. The predicted molar refractivity (Wildman–Crippen MR) is 77.2 cm³/mol. The topological polar surface area (TPSA) is 33.5 Å². The highest BCUT2D eigenvalue weighted by molar-refractivity contribution is 9.10. The number of rotatable bonds is 3. The number of quaternary nitrogens is 1. The van der Waals surface area contributed by atoms with E-state index in [-0.39, 0.29) is 5.91 Å². The number of hydrogen-bond donors (Lipinski definition) is 2. The van der Waals surface area contributed by atoms with Crippen LogP contribution in [-0.4, -0.2) is 25.5 Å². The summed E-state index contributed by atoms with van der Waals surface area (Å²) in [6.45, 7) is 2.73. The highest BCUT2D eigenvalue weighted by atomic mass is 79.9. The van der Waals surface area contributed by atoms with Crippen molar-refractivity contribution in [1.82, 2.24) is 0 Å². The second kappa shape index (κ2) is 6.55. The van der Waals surface area contributed by atoms with Crippen LogP contribution in [0.4, 0.5) is 5.69 Å². The molecule has 18 heavy (non-hydrogen) atoms. The van der Waals surface area contributed by atoms with Crippen molar-refractivity contribution in [2.75, 3.05) is 25.0 Å². The number of amides is 1. The summed E-state index contributed by atoms with van der Waals surface area (Å²) in [5, 5.41) is 3.43. The minimum atomic E-state index is 0.0381. The van der Waals surface area contributed by atoms with Gasteiger partial charge in [0.1, 0.15) is 0 Å². The molecule has 1 amide bonds. The third kappa shape index (κ3) is 3.97. The molecule has 1 aliphatic rings. The molecule has 1 saturated heterocycles. The number of anilines is 1. The van der Waals surface area contributed by atoms with Crippen LogP contribution in [0.15, 0.2) is 22.7 Å². The van der Waals surface area contributed by atoms with Crippen molar-refractivity contribution in [3.8, 4) is 0 Å². The van der Waals surface area contributed by atoms with E-state index in [4.69, 9.17) is 11.6 Å². The smallest absolute Gasteiger partial charge is 0.279 e. The van der Waals surface area contributed by atoms with Crippen LogP contribution >= 0.6 is 27.5 Å². The fourth-order valence-corrected chi connectivity index (χ4v) is 2.96. The number of nitrogens with one attached hydrogen (secondary N) is 2. The summed E-state index contributed by atoms with van der Waals surface area (Å²) in [7, 11) is 0. The summed E-state index contributed by atoms with van der Waals surface area (Å²) in [5.74, 6) is 0.0381. The Labute approximate surface area is 121 Å². The van der Waals surface area contributed by atoms with Gasteiger partial charge in [-0.25, -0.2) is 0 Å². The number of halogens is 2. The van der Waals surface area contributed by atoms with Gasteiger partial charge in [-0.3, -0.25) is 4.79 Å². The average Bonchev–Trinajstić information content (AvgIpc) is 2.34. The van der Waals surface area contributed by atoms with E-state index in [1.807, 2.05) is 12.1 Å². The summed E-state index contributed by atoms with van der Waals surface area (Å²) in [4.78, 5) is 13.3. The molecule has 98 valence electrons. The maximum Gasteiger partial charge on any atom is 0.279 e. The summed E-state index contributed by atoms with van der Waals surface area (Å²) in [5.41, 5.74) is 0.682. The van der Waals surface area contributed by atoms with Crippen molar-refractivity contribution in [3.05, 3.63) is 27.7 Å². The monoisotopic (exact) mass is 331 g/mol. The van der Waals surface area contributed by atoms with Gasteiger partial charge in [0.25, 0.3) is 5.91 Å². The van der Waals surface area contributed by atoms with Crippen LogP contribution in [0.2, 0.25) is 5.02 Å². The van der Waals surface area contributed by atoms with E-state index >= 15 is 0 Å². The highest BCUT2D eigenvalue weighted by Crippen LogP contribution is 2.25. The number of hydrogen-bond acceptors (Lipinski definition) is 1. The van der Waals surface area contributed by atoms with E-state index in [2.05, 4.69) is 21.2 Å². The van der Waals surface area contributed by atoms with Crippen LogP contribution in [0.25, 0.3) is 0 Å². The van der Waals surface area contributed by atoms with Gasteiger partial charge in [0.2, 0.25) is 0 Å². The van der Waals surface area contributed by atoms with Gasteiger partial charge in [-0.05, 0) is 37.5 Å². The van der Waals surface area contributed by atoms with Crippen molar-refractivity contribution >= 4 is 39.1 Å². The van der Waals surface area contributed by atoms with E-state index < -0.39 is 0 Å². The molecular weight excluding hydrogens is 316 g/mol. The van der Waals surface area contributed by atoms with Crippen LogP contribution in [0.3, 0.4) is 0 Å². The number of likely N-dealkylation sites (tertiary alicyclic amines) is 1. The lowest BCUT2D eigenvalue weighted by Gasteiger charge is -2.22. The summed E-state index contributed by atoms with van der Waals surface area (Å²) < 4.78 is 0.909. The van der Waals surface area contributed by atoms with Crippen LogP contribution in [0.1, 0.15) is 19.3 Å². The van der Waals surface area contributed by atoms with Crippen LogP contribution in [0.5, 0.6) is 0 Å². The molecule has 3 nitrogen and oxygen atoms in total. The quantitative estimate of drug-likeness (QED) is 0.873. The van der Waals surface area contributed by atoms with E-state index in [0.29, 0.717) is 17.3 Å². The molecule has 1 heterocycles. The number of carbonyl (C=O) groups is 1. The molecule has 0 aliphatic carbocycles. The first-order valence-corrected chi connectivity index (χ1v) is 7.41. The normalized spacial score (nSPS) is 16.6. The van der Waals surface area contributed by atoms with E-state index in [1.165, 1.54) is 24.2 Å². The van der Waals surface area contributed by atoms with Gasteiger partial charge in [-0.2, -0.15) is 0 Å². The maximum atomic E-state index is 11.9. The number of piperidine rings is 1. The maximum absolute atomic E-state index is 11.9. The Balaban J connectivity index is 1.90. The molecule has 1 aliphatic heterocycles. The SMILES string of the molecule is O=C(C[NH+]1CCCCC1)Nc1ccc(Br)cc1Cl. The van der Waals surface area contributed by atoms with Gasteiger partial charge in [0.05, 0.1) is 23.8 Å². The molecule has 1 fully saturated rings. The van der Waals surface area contributed by atoms with Crippen molar-refractivity contribution in [2.24, 2.45) is 0 Å². The largest absolute Gasteiger partial charge is 0.327 e. The molecule has 0 spiro atoms. The lowest BCUT2D eigenvalue weighted by Crippen LogP contribution is -3.13. The van der Waals surface area contributed by atoms with Crippen molar-refractivity contribution < 1.29 is 9.69 Å². The van der Waals surface area contributed by atoms with Crippen LogP contribution in [0, 0.1) is 0 Å². The van der Waals surface area contributed by atoms with Crippen LogP contribution in [-0.2, 0) is 4.79 Å². The van der Waals surface area contributed by atoms with Gasteiger partial charge in [0.15, 0.2) is 6.54 Å². The lowest BCUT2D eigenvalue weighted by atomic mass is 10.1. The first-order chi connectivity index (χ1) is 8.65. The van der Waals surface area contributed by atoms with Crippen LogP contribution < -0.4 is 10.2 Å². The summed E-state index contributed by atoms with van der Waals surface area (Å²) in [6, 6.07) is 5.47.